The van der Waals surface area contributed by atoms with Gasteiger partial charge in [-0.2, -0.15) is 0 Å². The summed E-state index contributed by atoms with van der Waals surface area (Å²) < 4.78 is 5.12. The molecule has 0 radical (unpaired) electrons. The third-order valence-corrected chi connectivity index (χ3v) is 3.79. The van der Waals surface area contributed by atoms with E-state index in [-0.39, 0.29) is 36.7 Å². The first kappa shape index (κ1) is 19.3. The fourth-order valence-corrected chi connectivity index (χ4v) is 2.54. The SMILES string of the molecule is CCN(CC(=O)Nc1cccc(OC)c1)C(=O)C1CCNC1.Cl. The molecule has 23 heavy (non-hydrogen) atoms. The maximum absolute atomic E-state index is 12.4. The molecule has 1 aliphatic heterocycles. The Labute approximate surface area is 143 Å². The van der Waals surface area contributed by atoms with Crippen molar-refractivity contribution < 1.29 is 14.3 Å². The molecule has 1 saturated heterocycles. The summed E-state index contributed by atoms with van der Waals surface area (Å²) in [5.74, 6) is 0.519. The largest absolute Gasteiger partial charge is 0.497 e. The molecular weight excluding hydrogens is 318 g/mol. The van der Waals surface area contributed by atoms with Gasteiger partial charge in [-0.15, -0.1) is 12.4 Å². The number of likely N-dealkylation sites (N-methyl/N-ethyl adjacent to an activating group) is 1. The predicted molar refractivity (Wildman–Crippen MR) is 92.1 cm³/mol. The van der Waals surface area contributed by atoms with Gasteiger partial charge in [-0.25, -0.2) is 0 Å². The number of methoxy groups -OCH3 is 1. The van der Waals surface area contributed by atoms with Gasteiger partial charge in [-0.05, 0) is 32.0 Å². The molecule has 2 amide bonds. The van der Waals surface area contributed by atoms with E-state index in [1.165, 1.54) is 0 Å². The van der Waals surface area contributed by atoms with Gasteiger partial charge in [0.05, 0.1) is 19.6 Å². The van der Waals surface area contributed by atoms with Crippen molar-refractivity contribution in [2.45, 2.75) is 13.3 Å². The summed E-state index contributed by atoms with van der Waals surface area (Å²) in [6, 6.07) is 7.16. The Hall–Kier alpha value is -1.79. The van der Waals surface area contributed by atoms with Gasteiger partial charge in [0.25, 0.3) is 0 Å². The molecule has 0 spiro atoms. The molecule has 7 heteroatoms. The average Bonchev–Trinajstić information content (AvgIpc) is 3.06. The van der Waals surface area contributed by atoms with E-state index in [0.717, 1.165) is 13.0 Å². The van der Waals surface area contributed by atoms with Crippen LogP contribution in [0.15, 0.2) is 24.3 Å². The molecule has 1 unspecified atom stereocenters. The summed E-state index contributed by atoms with van der Waals surface area (Å²) in [5.41, 5.74) is 0.662. The lowest BCUT2D eigenvalue weighted by Crippen LogP contribution is -2.41. The van der Waals surface area contributed by atoms with Gasteiger partial charge in [-0.1, -0.05) is 6.07 Å². The molecule has 1 fully saturated rings. The maximum Gasteiger partial charge on any atom is 0.243 e. The Kier molecular flexibility index (Phi) is 7.85. The lowest BCUT2D eigenvalue weighted by Gasteiger charge is -2.23. The van der Waals surface area contributed by atoms with E-state index in [9.17, 15) is 9.59 Å². The van der Waals surface area contributed by atoms with Crippen molar-refractivity contribution in [1.29, 1.82) is 0 Å². The maximum atomic E-state index is 12.4. The first-order chi connectivity index (χ1) is 10.6. The molecule has 128 valence electrons. The van der Waals surface area contributed by atoms with Crippen LogP contribution in [0.1, 0.15) is 13.3 Å². The monoisotopic (exact) mass is 341 g/mol. The van der Waals surface area contributed by atoms with E-state index in [4.69, 9.17) is 4.74 Å². The normalized spacial score (nSPS) is 16.3. The van der Waals surface area contributed by atoms with Crippen LogP contribution in [0.4, 0.5) is 5.69 Å². The summed E-state index contributed by atoms with van der Waals surface area (Å²) in [4.78, 5) is 26.1. The zero-order valence-corrected chi connectivity index (χ0v) is 14.3. The molecule has 0 bridgehead atoms. The van der Waals surface area contributed by atoms with Crippen LogP contribution in [-0.4, -0.2) is 50.0 Å². The lowest BCUT2D eigenvalue weighted by atomic mass is 10.1. The van der Waals surface area contributed by atoms with Crippen LogP contribution in [0.2, 0.25) is 0 Å². The number of amides is 2. The molecule has 0 aliphatic carbocycles. The van der Waals surface area contributed by atoms with Gasteiger partial charge >= 0.3 is 0 Å². The highest BCUT2D eigenvalue weighted by Crippen LogP contribution is 2.17. The van der Waals surface area contributed by atoms with E-state index >= 15 is 0 Å². The van der Waals surface area contributed by atoms with Crippen LogP contribution < -0.4 is 15.4 Å². The Bertz CT molecular complexity index is 533. The second-order valence-corrected chi connectivity index (χ2v) is 5.32. The molecule has 1 aromatic rings. The van der Waals surface area contributed by atoms with Crippen LogP contribution in [0.3, 0.4) is 0 Å². The van der Waals surface area contributed by atoms with Crippen molar-refractivity contribution >= 4 is 29.9 Å². The Balaban J connectivity index is 0.00000264. The van der Waals surface area contributed by atoms with Crippen LogP contribution in [0, 0.1) is 5.92 Å². The molecule has 1 aromatic carbocycles. The summed E-state index contributed by atoms with van der Waals surface area (Å²) in [6.07, 6.45) is 0.840. The molecule has 2 N–H and O–H groups in total. The molecule has 6 nitrogen and oxygen atoms in total. The third-order valence-electron chi connectivity index (χ3n) is 3.79. The van der Waals surface area contributed by atoms with Gasteiger partial charge in [0.1, 0.15) is 5.75 Å². The number of benzene rings is 1. The van der Waals surface area contributed by atoms with Gasteiger partial charge in [0.15, 0.2) is 0 Å². The summed E-state index contributed by atoms with van der Waals surface area (Å²) in [7, 11) is 1.58. The Morgan fingerprint density at radius 2 is 2.22 bits per heavy atom. The molecule has 2 rings (SSSR count). The number of halogens is 1. The van der Waals surface area contributed by atoms with E-state index in [1.807, 2.05) is 13.0 Å². The van der Waals surface area contributed by atoms with Gasteiger partial charge in [0.2, 0.25) is 11.8 Å². The third kappa shape index (κ3) is 5.41. The fraction of sp³-hybridized carbons (Fsp3) is 0.500. The molecule has 0 aromatic heterocycles. The minimum atomic E-state index is -0.200. The highest BCUT2D eigenvalue weighted by atomic mass is 35.5. The second-order valence-electron chi connectivity index (χ2n) is 5.32. The number of carbonyl (C=O) groups is 2. The number of nitrogens with one attached hydrogen (secondary N) is 2. The summed E-state index contributed by atoms with van der Waals surface area (Å²) >= 11 is 0. The van der Waals surface area contributed by atoms with E-state index in [0.29, 0.717) is 24.5 Å². The van der Waals surface area contributed by atoms with Crippen molar-refractivity contribution in [3.63, 3.8) is 0 Å². The van der Waals surface area contributed by atoms with Gasteiger partial charge in [-0.3, -0.25) is 9.59 Å². The molecular formula is C16H24ClN3O3. The topological polar surface area (TPSA) is 70.7 Å². The van der Waals surface area contributed by atoms with E-state index in [2.05, 4.69) is 10.6 Å². The number of anilines is 1. The summed E-state index contributed by atoms with van der Waals surface area (Å²) in [5, 5.41) is 5.97. The molecule has 0 saturated carbocycles. The minimum absolute atomic E-state index is 0. The van der Waals surface area contributed by atoms with Crippen LogP contribution in [-0.2, 0) is 9.59 Å². The van der Waals surface area contributed by atoms with Gasteiger partial charge < -0.3 is 20.3 Å². The smallest absolute Gasteiger partial charge is 0.243 e. The van der Waals surface area contributed by atoms with Crippen LogP contribution in [0.25, 0.3) is 0 Å². The number of ether oxygens (including phenoxy) is 1. The van der Waals surface area contributed by atoms with E-state index in [1.54, 1.807) is 30.2 Å². The zero-order valence-electron chi connectivity index (χ0n) is 13.5. The first-order valence-corrected chi connectivity index (χ1v) is 7.57. The van der Waals surface area contributed by atoms with Crippen molar-refractivity contribution in [3.05, 3.63) is 24.3 Å². The fourth-order valence-electron chi connectivity index (χ4n) is 2.54. The van der Waals surface area contributed by atoms with Crippen molar-refractivity contribution in [2.24, 2.45) is 5.92 Å². The number of rotatable bonds is 6. The molecule has 1 aliphatic rings. The number of hydrogen-bond acceptors (Lipinski definition) is 4. The zero-order chi connectivity index (χ0) is 15.9. The number of carbonyl (C=O) groups excluding carboxylic acids is 2. The summed E-state index contributed by atoms with van der Waals surface area (Å²) in [6.45, 7) is 4.06. The lowest BCUT2D eigenvalue weighted by molar-refractivity contribution is -0.137. The number of nitrogens with zero attached hydrogens (tertiary/aromatic N) is 1. The highest BCUT2D eigenvalue weighted by molar-refractivity contribution is 5.95. The van der Waals surface area contributed by atoms with E-state index < -0.39 is 0 Å². The average molecular weight is 342 g/mol. The van der Waals surface area contributed by atoms with Crippen LogP contribution in [0.5, 0.6) is 5.75 Å². The molecule has 1 heterocycles. The predicted octanol–water partition coefficient (Wildman–Crippen LogP) is 1.51. The Morgan fingerprint density at radius 3 is 2.83 bits per heavy atom. The molecule has 1 atom stereocenters. The highest BCUT2D eigenvalue weighted by Gasteiger charge is 2.27. The number of hydrogen-bond donors (Lipinski definition) is 2. The van der Waals surface area contributed by atoms with Crippen molar-refractivity contribution in [3.8, 4) is 5.75 Å². The first-order valence-electron chi connectivity index (χ1n) is 7.57. The van der Waals surface area contributed by atoms with Crippen molar-refractivity contribution in [1.82, 2.24) is 10.2 Å². The van der Waals surface area contributed by atoms with Gasteiger partial charge in [0, 0.05) is 24.8 Å². The standard InChI is InChI=1S/C16H23N3O3.ClH/c1-3-19(16(21)12-7-8-17-10-12)11-15(20)18-13-5-4-6-14(9-13)22-2;/h4-6,9,12,17H,3,7-8,10-11H2,1-2H3,(H,18,20);1H. The minimum Gasteiger partial charge on any atom is -0.497 e. The quantitative estimate of drug-likeness (QED) is 0.823. The van der Waals surface area contributed by atoms with Crippen molar-refractivity contribution in [2.75, 3.05) is 38.6 Å². The second kappa shape index (κ2) is 9.37. The van der Waals surface area contributed by atoms with Crippen LogP contribution >= 0.6 is 12.4 Å². The Morgan fingerprint density at radius 1 is 1.43 bits per heavy atom.